The monoisotopic (exact) mass is 355 g/mol. The minimum absolute atomic E-state index is 0.324. The predicted octanol–water partition coefficient (Wildman–Crippen LogP) is 4.14. The molecular weight excluding hydrogens is 341 g/mol. The number of halogens is 1. The Kier molecular flexibility index (Phi) is 3.60. The maximum atomic E-state index is 14.1. The van der Waals surface area contributed by atoms with E-state index >= 15 is 0 Å². The van der Waals surface area contributed by atoms with E-state index in [1.165, 1.54) is 11.6 Å². The fraction of sp³-hybridized carbons (Fsp3) is 0.0476. The van der Waals surface area contributed by atoms with E-state index in [1.807, 2.05) is 29.0 Å². The molecule has 0 saturated heterocycles. The van der Waals surface area contributed by atoms with Crippen LogP contribution in [0.2, 0.25) is 0 Å². The Morgan fingerprint density at radius 2 is 1.93 bits per heavy atom. The molecule has 27 heavy (non-hydrogen) atoms. The molecule has 3 aromatic heterocycles. The van der Waals surface area contributed by atoms with Crippen LogP contribution in [0.25, 0.3) is 34.8 Å². The number of rotatable bonds is 2. The fourth-order valence-corrected chi connectivity index (χ4v) is 3.18. The molecule has 0 radical (unpaired) electrons. The topological polar surface area (TPSA) is 56.5 Å². The summed E-state index contributed by atoms with van der Waals surface area (Å²) >= 11 is 0. The summed E-state index contributed by atoms with van der Waals surface area (Å²) in [5.41, 5.74) is 5.29. The zero-order valence-electron chi connectivity index (χ0n) is 14.2. The zero-order valence-corrected chi connectivity index (χ0v) is 14.2. The van der Waals surface area contributed by atoms with Gasteiger partial charge in [0.15, 0.2) is 11.3 Å². The van der Waals surface area contributed by atoms with Crippen molar-refractivity contribution in [3.63, 3.8) is 0 Å². The van der Waals surface area contributed by atoms with Gasteiger partial charge in [0.2, 0.25) is 0 Å². The van der Waals surface area contributed by atoms with E-state index in [9.17, 15) is 4.39 Å². The average Bonchev–Trinajstić information content (AvgIpc) is 3.10. The number of benzene rings is 1. The first-order valence-corrected chi connectivity index (χ1v) is 8.55. The van der Waals surface area contributed by atoms with Crippen molar-refractivity contribution in [3.05, 3.63) is 83.8 Å². The lowest BCUT2D eigenvalue weighted by atomic mass is 9.98. The highest BCUT2D eigenvalue weighted by Gasteiger charge is 2.12. The molecule has 5 rings (SSSR count). The molecule has 1 aromatic carbocycles. The molecule has 3 heterocycles. The number of fused-ring (bicyclic) bond motifs is 2. The van der Waals surface area contributed by atoms with Gasteiger partial charge in [0.05, 0.1) is 17.6 Å². The average molecular weight is 355 g/mol. The van der Waals surface area contributed by atoms with E-state index < -0.39 is 0 Å². The van der Waals surface area contributed by atoms with Crippen LogP contribution >= 0.6 is 0 Å². The van der Waals surface area contributed by atoms with E-state index in [2.05, 4.69) is 26.0 Å². The second kappa shape index (κ2) is 6.25. The van der Waals surface area contributed by atoms with Crippen molar-refractivity contribution in [2.24, 2.45) is 0 Å². The first-order valence-electron chi connectivity index (χ1n) is 8.55. The van der Waals surface area contributed by atoms with E-state index in [0.29, 0.717) is 22.6 Å². The summed E-state index contributed by atoms with van der Waals surface area (Å²) < 4.78 is 15.9. The van der Waals surface area contributed by atoms with Crippen LogP contribution in [0.1, 0.15) is 11.3 Å². The van der Waals surface area contributed by atoms with Crippen molar-refractivity contribution < 1.29 is 4.39 Å². The van der Waals surface area contributed by atoms with E-state index in [0.717, 1.165) is 17.7 Å². The number of hydrogen-bond donors (Lipinski definition) is 0. The fourth-order valence-electron chi connectivity index (χ4n) is 3.18. The van der Waals surface area contributed by atoms with Gasteiger partial charge in [-0.05, 0) is 35.4 Å². The summed E-state index contributed by atoms with van der Waals surface area (Å²) in [6.07, 6.45) is 11.8. The summed E-state index contributed by atoms with van der Waals surface area (Å²) in [6, 6.07) is 10.6. The van der Waals surface area contributed by atoms with Crippen LogP contribution in [0.4, 0.5) is 4.39 Å². The largest absolute Gasteiger partial charge is 0.289 e. The SMILES string of the molecule is Fc1ccccc1-c1cnc2ncn(C=C3C=Cc4ncccc4C3)c2n1. The Balaban J connectivity index is 1.57. The number of aromatic nitrogens is 5. The Bertz CT molecular complexity index is 1220. The maximum Gasteiger partial charge on any atom is 0.197 e. The lowest BCUT2D eigenvalue weighted by Crippen LogP contribution is -2.01. The summed E-state index contributed by atoms with van der Waals surface area (Å²) in [5, 5.41) is 0. The van der Waals surface area contributed by atoms with Crippen LogP contribution in [0.15, 0.2) is 66.8 Å². The standard InChI is InChI=1S/C21H14FN5/c22-17-6-2-1-5-16(17)19-11-24-20-21(26-19)27(13-25-20)12-14-7-8-18-15(10-14)4-3-9-23-18/h1-9,11-13H,10H2. The molecule has 6 heteroatoms. The van der Waals surface area contributed by atoms with Crippen molar-refractivity contribution in [2.75, 3.05) is 0 Å². The quantitative estimate of drug-likeness (QED) is 0.542. The number of imidazole rings is 1. The molecule has 0 amide bonds. The third-order valence-electron chi connectivity index (χ3n) is 4.52. The van der Waals surface area contributed by atoms with Crippen molar-refractivity contribution in [1.29, 1.82) is 0 Å². The number of hydrogen-bond acceptors (Lipinski definition) is 4. The first kappa shape index (κ1) is 15.6. The molecular formula is C21H14FN5. The molecule has 0 fully saturated rings. The van der Waals surface area contributed by atoms with E-state index in [-0.39, 0.29) is 5.82 Å². The highest BCUT2D eigenvalue weighted by Crippen LogP contribution is 2.24. The van der Waals surface area contributed by atoms with Gasteiger partial charge in [0, 0.05) is 24.4 Å². The molecule has 0 saturated carbocycles. The van der Waals surface area contributed by atoms with Crippen molar-refractivity contribution in [3.8, 4) is 11.3 Å². The van der Waals surface area contributed by atoms with Crippen LogP contribution in [-0.2, 0) is 6.42 Å². The Morgan fingerprint density at radius 1 is 1.00 bits per heavy atom. The summed E-state index contributed by atoms with van der Waals surface area (Å²) in [5.74, 6) is -0.324. The Labute approximate surface area is 154 Å². The minimum atomic E-state index is -0.324. The number of pyridine rings is 1. The lowest BCUT2D eigenvalue weighted by molar-refractivity contribution is 0.630. The molecule has 5 nitrogen and oxygen atoms in total. The van der Waals surface area contributed by atoms with Crippen LogP contribution in [0.5, 0.6) is 0 Å². The van der Waals surface area contributed by atoms with Gasteiger partial charge < -0.3 is 0 Å². The van der Waals surface area contributed by atoms with E-state index in [4.69, 9.17) is 0 Å². The molecule has 0 bridgehead atoms. The van der Waals surface area contributed by atoms with Gasteiger partial charge in [-0.2, -0.15) is 0 Å². The van der Waals surface area contributed by atoms with Gasteiger partial charge >= 0.3 is 0 Å². The molecule has 0 aliphatic heterocycles. The van der Waals surface area contributed by atoms with Gasteiger partial charge in [-0.15, -0.1) is 0 Å². The number of nitrogens with zero attached hydrogens (tertiary/aromatic N) is 5. The molecule has 130 valence electrons. The number of allylic oxidation sites excluding steroid dienone is 2. The second-order valence-electron chi connectivity index (χ2n) is 6.30. The van der Waals surface area contributed by atoms with Crippen molar-refractivity contribution in [2.45, 2.75) is 6.42 Å². The van der Waals surface area contributed by atoms with Gasteiger partial charge in [0.25, 0.3) is 0 Å². The van der Waals surface area contributed by atoms with Crippen molar-refractivity contribution in [1.82, 2.24) is 24.5 Å². The van der Waals surface area contributed by atoms with E-state index in [1.54, 1.807) is 36.9 Å². The Hall–Kier alpha value is -3.67. The highest BCUT2D eigenvalue weighted by atomic mass is 19.1. The molecule has 0 atom stereocenters. The highest BCUT2D eigenvalue weighted by molar-refractivity contribution is 5.74. The van der Waals surface area contributed by atoms with Crippen LogP contribution in [-0.4, -0.2) is 24.5 Å². The molecule has 0 spiro atoms. The summed E-state index contributed by atoms with van der Waals surface area (Å²) in [6.45, 7) is 0. The molecule has 0 unspecified atom stereocenters. The molecule has 1 aliphatic carbocycles. The third kappa shape index (κ3) is 2.81. The zero-order chi connectivity index (χ0) is 18.2. The smallest absolute Gasteiger partial charge is 0.197 e. The predicted molar refractivity (Wildman–Crippen MR) is 102 cm³/mol. The first-order chi connectivity index (χ1) is 13.3. The molecule has 4 aromatic rings. The molecule has 1 aliphatic rings. The van der Waals surface area contributed by atoms with Gasteiger partial charge in [-0.25, -0.2) is 19.3 Å². The minimum Gasteiger partial charge on any atom is -0.289 e. The lowest BCUT2D eigenvalue weighted by Gasteiger charge is -2.11. The summed E-state index contributed by atoms with van der Waals surface area (Å²) in [7, 11) is 0. The van der Waals surface area contributed by atoms with Gasteiger partial charge in [0.1, 0.15) is 12.1 Å². The Morgan fingerprint density at radius 3 is 2.85 bits per heavy atom. The van der Waals surface area contributed by atoms with Gasteiger partial charge in [-0.3, -0.25) is 9.55 Å². The van der Waals surface area contributed by atoms with Crippen molar-refractivity contribution >= 4 is 23.6 Å². The van der Waals surface area contributed by atoms with Gasteiger partial charge in [-0.1, -0.05) is 24.3 Å². The van der Waals surface area contributed by atoms with Crippen LogP contribution in [0, 0.1) is 5.82 Å². The van der Waals surface area contributed by atoms with Crippen LogP contribution in [0.3, 0.4) is 0 Å². The summed E-state index contributed by atoms with van der Waals surface area (Å²) in [4.78, 5) is 17.6. The van der Waals surface area contributed by atoms with Crippen LogP contribution < -0.4 is 0 Å². The maximum absolute atomic E-state index is 14.1. The molecule has 0 N–H and O–H groups in total. The normalized spacial score (nSPS) is 14.6. The third-order valence-corrected chi connectivity index (χ3v) is 4.52. The second-order valence-corrected chi connectivity index (χ2v) is 6.30.